The zero-order chi connectivity index (χ0) is 20.9. The summed E-state index contributed by atoms with van der Waals surface area (Å²) >= 11 is 1.97. The molecule has 4 heterocycles. The minimum atomic E-state index is -0.466. The molecular formula is C24H29N3O2S. The standard InChI is InChI=1S/C24H29N3O2S/c1-24(2,3)29-23(28)26-11-7-20-19(15-26)18-13-17(16-5-8-25-9-6-16)14-21-22(18)27(20)10-4-12-30-21/h5-6,8-9,13-14,19-20H,4,7,10-12,15H2,1-3H3/t19-,20-/m0/s1. The molecule has 1 fully saturated rings. The summed E-state index contributed by atoms with van der Waals surface area (Å²) in [6, 6.07) is 9.34. The SMILES string of the molecule is CC(C)(C)OC(=O)N1CC[C@H]2[C@@H](C1)c1cc(-c3ccncc3)cc3c1N2CCCS3. The fourth-order valence-corrected chi connectivity index (χ4v) is 6.09. The molecule has 2 atom stereocenters. The van der Waals surface area contributed by atoms with E-state index in [2.05, 4.69) is 34.1 Å². The van der Waals surface area contributed by atoms with Crippen molar-refractivity contribution < 1.29 is 9.53 Å². The number of ether oxygens (including phenoxy) is 1. The highest BCUT2D eigenvalue weighted by Gasteiger charge is 2.45. The molecule has 0 N–H and O–H groups in total. The molecule has 1 saturated heterocycles. The molecule has 2 aromatic rings. The van der Waals surface area contributed by atoms with Crippen LogP contribution in [0.3, 0.4) is 0 Å². The number of piperidine rings is 1. The summed E-state index contributed by atoms with van der Waals surface area (Å²) in [6.45, 7) is 8.39. The number of hydrogen-bond donors (Lipinski definition) is 0. The van der Waals surface area contributed by atoms with E-state index in [4.69, 9.17) is 4.74 Å². The molecule has 0 saturated carbocycles. The van der Waals surface area contributed by atoms with Crippen LogP contribution in [-0.4, -0.2) is 53.0 Å². The molecular weight excluding hydrogens is 394 g/mol. The summed E-state index contributed by atoms with van der Waals surface area (Å²) in [5.41, 5.74) is 4.79. The second-order valence-electron chi connectivity index (χ2n) is 9.43. The average molecular weight is 424 g/mol. The maximum atomic E-state index is 12.8. The number of rotatable bonds is 1. The Kier molecular flexibility index (Phi) is 4.92. The van der Waals surface area contributed by atoms with Crippen LogP contribution in [0.5, 0.6) is 0 Å². The molecule has 0 aliphatic carbocycles. The number of anilines is 1. The number of nitrogens with zero attached hydrogens (tertiary/aromatic N) is 3. The van der Waals surface area contributed by atoms with Gasteiger partial charge in [0.1, 0.15) is 5.60 Å². The first kappa shape index (κ1) is 19.7. The van der Waals surface area contributed by atoms with Gasteiger partial charge in [0.05, 0.1) is 5.69 Å². The molecule has 158 valence electrons. The van der Waals surface area contributed by atoms with Crippen molar-refractivity contribution in [1.82, 2.24) is 9.88 Å². The Morgan fingerprint density at radius 3 is 2.73 bits per heavy atom. The number of fused-ring (bicyclic) bond motifs is 3. The molecule has 1 amide bonds. The molecule has 1 aromatic heterocycles. The lowest BCUT2D eigenvalue weighted by molar-refractivity contribution is 0.0189. The van der Waals surface area contributed by atoms with E-state index in [9.17, 15) is 4.79 Å². The van der Waals surface area contributed by atoms with E-state index in [-0.39, 0.29) is 6.09 Å². The van der Waals surface area contributed by atoms with Gasteiger partial charge in [0, 0.05) is 48.9 Å². The van der Waals surface area contributed by atoms with E-state index in [1.165, 1.54) is 33.7 Å². The van der Waals surface area contributed by atoms with Crippen molar-refractivity contribution in [3.05, 3.63) is 42.2 Å². The maximum Gasteiger partial charge on any atom is 0.410 e. The highest BCUT2D eigenvalue weighted by molar-refractivity contribution is 7.99. The number of hydrogen-bond acceptors (Lipinski definition) is 5. The second-order valence-corrected chi connectivity index (χ2v) is 10.6. The Balaban J connectivity index is 1.52. The Bertz CT molecular complexity index is 957. The monoisotopic (exact) mass is 423 g/mol. The van der Waals surface area contributed by atoms with Crippen LogP contribution in [0.2, 0.25) is 0 Å². The second kappa shape index (κ2) is 7.49. The molecule has 0 unspecified atom stereocenters. The zero-order valence-corrected chi connectivity index (χ0v) is 18.7. The number of carbonyl (C=O) groups is 1. The smallest absolute Gasteiger partial charge is 0.410 e. The highest BCUT2D eigenvalue weighted by atomic mass is 32.2. The van der Waals surface area contributed by atoms with Gasteiger partial charge in [-0.15, -0.1) is 11.8 Å². The number of aromatic nitrogens is 1. The lowest BCUT2D eigenvalue weighted by atomic mass is 9.88. The molecule has 5 rings (SSSR count). The van der Waals surface area contributed by atoms with Crippen LogP contribution >= 0.6 is 11.8 Å². The van der Waals surface area contributed by atoms with Gasteiger partial charge in [-0.25, -0.2) is 4.79 Å². The Labute approximate surface area is 182 Å². The lowest BCUT2D eigenvalue weighted by Gasteiger charge is -2.39. The van der Waals surface area contributed by atoms with Gasteiger partial charge in [0.2, 0.25) is 0 Å². The highest BCUT2D eigenvalue weighted by Crippen LogP contribution is 2.51. The van der Waals surface area contributed by atoms with Crippen molar-refractivity contribution in [2.75, 3.05) is 30.3 Å². The molecule has 30 heavy (non-hydrogen) atoms. The number of pyridine rings is 1. The van der Waals surface area contributed by atoms with Crippen LogP contribution in [0.15, 0.2) is 41.6 Å². The van der Waals surface area contributed by atoms with Crippen molar-refractivity contribution in [2.45, 2.75) is 56.1 Å². The summed E-state index contributed by atoms with van der Waals surface area (Å²) in [6.07, 6.45) is 5.71. The summed E-state index contributed by atoms with van der Waals surface area (Å²) < 4.78 is 5.68. The molecule has 0 spiro atoms. The van der Waals surface area contributed by atoms with Gasteiger partial charge < -0.3 is 14.5 Å². The van der Waals surface area contributed by atoms with E-state index in [0.29, 0.717) is 12.0 Å². The molecule has 0 radical (unpaired) electrons. The number of carbonyl (C=O) groups excluding carboxylic acids is 1. The van der Waals surface area contributed by atoms with E-state index in [1.54, 1.807) is 0 Å². The minimum Gasteiger partial charge on any atom is -0.444 e. The van der Waals surface area contributed by atoms with E-state index in [1.807, 2.05) is 49.8 Å². The normalized spacial score (nSPS) is 22.9. The number of thioether (sulfide) groups is 1. The first-order valence-electron chi connectivity index (χ1n) is 10.9. The first-order valence-corrected chi connectivity index (χ1v) is 11.8. The van der Waals surface area contributed by atoms with Gasteiger partial charge >= 0.3 is 6.09 Å². The van der Waals surface area contributed by atoms with Crippen LogP contribution < -0.4 is 4.90 Å². The number of benzene rings is 1. The average Bonchev–Trinajstić information content (AvgIpc) is 2.88. The third-order valence-corrected chi connectivity index (χ3v) is 7.35. The Morgan fingerprint density at radius 2 is 1.97 bits per heavy atom. The molecule has 6 heteroatoms. The molecule has 0 bridgehead atoms. The predicted octanol–water partition coefficient (Wildman–Crippen LogP) is 5.16. The number of amides is 1. The van der Waals surface area contributed by atoms with Crippen molar-refractivity contribution >= 4 is 23.5 Å². The zero-order valence-electron chi connectivity index (χ0n) is 17.9. The number of likely N-dealkylation sites (tertiary alicyclic amines) is 1. The fraction of sp³-hybridized carbons (Fsp3) is 0.500. The van der Waals surface area contributed by atoms with Gasteiger partial charge in [0.15, 0.2) is 0 Å². The van der Waals surface area contributed by atoms with Gasteiger partial charge in [-0.1, -0.05) is 0 Å². The molecule has 3 aliphatic rings. The fourth-order valence-electron chi connectivity index (χ4n) is 5.01. The van der Waals surface area contributed by atoms with Gasteiger partial charge in [-0.3, -0.25) is 4.98 Å². The van der Waals surface area contributed by atoms with Crippen LogP contribution in [0.25, 0.3) is 11.1 Å². The van der Waals surface area contributed by atoms with Crippen LogP contribution in [0.4, 0.5) is 10.5 Å². The van der Waals surface area contributed by atoms with Crippen LogP contribution in [0, 0.1) is 0 Å². The summed E-state index contributed by atoms with van der Waals surface area (Å²) in [7, 11) is 0. The third-order valence-electron chi connectivity index (χ3n) is 6.23. The molecule has 5 nitrogen and oxygen atoms in total. The maximum absolute atomic E-state index is 12.8. The van der Waals surface area contributed by atoms with E-state index in [0.717, 1.165) is 31.8 Å². The van der Waals surface area contributed by atoms with Gasteiger partial charge in [-0.05, 0) is 80.3 Å². The van der Waals surface area contributed by atoms with E-state index < -0.39 is 5.60 Å². The first-order chi connectivity index (χ1) is 14.4. The summed E-state index contributed by atoms with van der Waals surface area (Å²) in [4.78, 5) is 22.9. The molecule has 3 aliphatic heterocycles. The Hall–Kier alpha value is -2.21. The third kappa shape index (κ3) is 3.55. The van der Waals surface area contributed by atoms with Gasteiger partial charge in [0.25, 0.3) is 0 Å². The predicted molar refractivity (Wildman–Crippen MR) is 121 cm³/mol. The van der Waals surface area contributed by atoms with Crippen molar-refractivity contribution in [3.8, 4) is 11.1 Å². The van der Waals surface area contributed by atoms with Crippen LogP contribution in [0.1, 0.15) is 45.1 Å². The molecule has 1 aromatic carbocycles. The minimum absolute atomic E-state index is 0.187. The lowest BCUT2D eigenvalue weighted by Crippen LogP contribution is -2.49. The summed E-state index contributed by atoms with van der Waals surface area (Å²) in [5.74, 6) is 1.49. The Morgan fingerprint density at radius 1 is 1.17 bits per heavy atom. The van der Waals surface area contributed by atoms with Gasteiger partial charge in [-0.2, -0.15) is 0 Å². The van der Waals surface area contributed by atoms with E-state index >= 15 is 0 Å². The van der Waals surface area contributed by atoms with Crippen molar-refractivity contribution in [2.24, 2.45) is 0 Å². The topological polar surface area (TPSA) is 45.7 Å². The van der Waals surface area contributed by atoms with Crippen molar-refractivity contribution in [3.63, 3.8) is 0 Å². The largest absolute Gasteiger partial charge is 0.444 e. The van der Waals surface area contributed by atoms with Crippen LogP contribution in [-0.2, 0) is 4.74 Å². The summed E-state index contributed by atoms with van der Waals surface area (Å²) in [5, 5.41) is 0. The quantitative estimate of drug-likeness (QED) is 0.634. The van der Waals surface area contributed by atoms with Crippen molar-refractivity contribution in [1.29, 1.82) is 0 Å².